The molecule has 1 aromatic heterocycles. The Hall–Kier alpha value is -1.21. The lowest BCUT2D eigenvalue weighted by molar-refractivity contribution is -0.138. The number of hydrogen-bond donors (Lipinski definition) is 0. The molecule has 0 N–H and O–H groups in total. The number of aromatic nitrogens is 2. The third kappa shape index (κ3) is 2.93. The number of ether oxygens (including phenoxy) is 1. The van der Waals surface area contributed by atoms with E-state index in [1.807, 2.05) is 4.90 Å². The third-order valence-corrected chi connectivity index (χ3v) is 4.16. The highest BCUT2D eigenvalue weighted by Gasteiger charge is 2.32. The van der Waals surface area contributed by atoms with Gasteiger partial charge in [0.1, 0.15) is 0 Å². The summed E-state index contributed by atoms with van der Waals surface area (Å²) in [6.45, 7) is 4.27. The van der Waals surface area contributed by atoms with Gasteiger partial charge in [0.2, 0.25) is 11.9 Å². The summed E-state index contributed by atoms with van der Waals surface area (Å²) >= 11 is 3.33. The van der Waals surface area contributed by atoms with E-state index in [2.05, 4.69) is 30.8 Å². The second-order valence-electron chi connectivity index (χ2n) is 5.07. The molecule has 3 heterocycles. The van der Waals surface area contributed by atoms with Crippen molar-refractivity contribution in [3.8, 4) is 0 Å². The molecule has 0 radical (unpaired) electrons. The molecule has 7 heteroatoms. The van der Waals surface area contributed by atoms with E-state index in [1.165, 1.54) is 0 Å². The van der Waals surface area contributed by atoms with Crippen LogP contribution in [0.3, 0.4) is 0 Å². The van der Waals surface area contributed by atoms with Crippen LogP contribution in [0.5, 0.6) is 0 Å². The lowest BCUT2D eigenvalue weighted by atomic mass is 10.1. The molecule has 1 aromatic rings. The van der Waals surface area contributed by atoms with Gasteiger partial charge in [-0.3, -0.25) is 4.79 Å². The molecule has 0 saturated carbocycles. The Morgan fingerprint density at radius 3 is 2.65 bits per heavy atom. The largest absolute Gasteiger partial charge is 0.378 e. The maximum Gasteiger partial charge on any atom is 0.227 e. The minimum atomic E-state index is 0.0559. The van der Waals surface area contributed by atoms with Gasteiger partial charge in [0.25, 0.3) is 0 Å². The van der Waals surface area contributed by atoms with Gasteiger partial charge in [0.15, 0.2) is 0 Å². The first kappa shape index (κ1) is 13.8. The lowest BCUT2D eigenvalue weighted by Gasteiger charge is -2.29. The van der Waals surface area contributed by atoms with Crippen molar-refractivity contribution in [2.75, 3.05) is 44.3 Å². The minimum Gasteiger partial charge on any atom is -0.378 e. The van der Waals surface area contributed by atoms with Gasteiger partial charge in [-0.2, -0.15) is 0 Å². The van der Waals surface area contributed by atoms with E-state index >= 15 is 0 Å². The van der Waals surface area contributed by atoms with Gasteiger partial charge in [-0.05, 0) is 22.4 Å². The van der Waals surface area contributed by atoms with Crippen molar-refractivity contribution < 1.29 is 9.53 Å². The number of anilines is 1. The van der Waals surface area contributed by atoms with Gasteiger partial charge < -0.3 is 14.5 Å². The molecular formula is C13H17BrN4O2. The Balaban J connectivity index is 1.61. The van der Waals surface area contributed by atoms with Gasteiger partial charge in [0.05, 0.1) is 23.6 Å². The maximum atomic E-state index is 12.4. The summed E-state index contributed by atoms with van der Waals surface area (Å²) in [6.07, 6.45) is 4.34. The van der Waals surface area contributed by atoms with Crippen molar-refractivity contribution in [2.45, 2.75) is 6.42 Å². The van der Waals surface area contributed by atoms with Crippen LogP contribution in [0.25, 0.3) is 0 Å². The van der Waals surface area contributed by atoms with Crippen LogP contribution < -0.4 is 4.90 Å². The third-order valence-electron chi connectivity index (χ3n) is 3.75. The zero-order valence-corrected chi connectivity index (χ0v) is 12.8. The van der Waals surface area contributed by atoms with Crippen LogP contribution >= 0.6 is 15.9 Å². The zero-order chi connectivity index (χ0) is 13.9. The van der Waals surface area contributed by atoms with Crippen molar-refractivity contribution in [1.29, 1.82) is 0 Å². The smallest absolute Gasteiger partial charge is 0.227 e. The maximum absolute atomic E-state index is 12.4. The van der Waals surface area contributed by atoms with Crippen molar-refractivity contribution in [1.82, 2.24) is 14.9 Å². The summed E-state index contributed by atoms with van der Waals surface area (Å²) in [4.78, 5) is 25.0. The molecule has 0 aromatic carbocycles. The standard InChI is InChI=1S/C13H17BrN4O2/c14-11-7-15-13(16-8-11)18-2-1-10(9-18)12(19)17-3-5-20-6-4-17/h7-8,10H,1-6,9H2. The number of halogens is 1. The van der Waals surface area contributed by atoms with E-state index in [1.54, 1.807) is 12.4 Å². The highest BCUT2D eigenvalue weighted by Crippen LogP contribution is 2.23. The van der Waals surface area contributed by atoms with E-state index in [-0.39, 0.29) is 11.8 Å². The number of carbonyl (C=O) groups excluding carboxylic acids is 1. The van der Waals surface area contributed by atoms with Gasteiger partial charge >= 0.3 is 0 Å². The molecule has 3 rings (SSSR count). The Morgan fingerprint density at radius 1 is 1.25 bits per heavy atom. The molecule has 20 heavy (non-hydrogen) atoms. The molecule has 2 aliphatic rings. The fraction of sp³-hybridized carbons (Fsp3) is 0.615. The van der Waals surface area contributed by atoms with E-state index in [9.17, 15) is 4.79 Å². The SMILES string of the molecule is O=C(C1CCN(c2ncc(Br)cn2)C1)N1CCOCC1. The number of nitrogens with zero attached hydrogens (tertiary/aromatic N) is 4. The Morgan fingerprint density at radius 2 is 1.95 bits per heavy atom. The molecule has 0 spiro atoms. The zero-order valence-electron chi connectivity index (χ0n) is 11.2. The summed E-state index contributed by atoms with van der Waals surface area (Å²) in [5.41, 5.74) is 0. The van der Waals surface area contributed by atoms with E-state index in [0.717, 1.165) is 17.4 Å². The highest BCUT2D eigenvalue weighted by atomic mass is 79.9. The average Bonchev–Trinajstić information content (AvgIpc) is 2.98. The molecule has 1 amide bonds. The van der Waals surface area contributed by atoms with Crippen molar-refractivity contribution in [3.63, 3.8) is 0 Å². The van der Waals surface area contributed by atoms with Crippen LogP contribution in [0.2, 0.25) is 0 Å². The number of morpholine rings is 1. The van der Waals surface area contributed by atoms with Crippen LogP contribution in [0.1, 0.15) is 6.42 Å². The fourth-order valence-corrected chi connectivity index (χ4v) is 2.86. The molecule has 6 nitrogen and oxygen atoms in total. The molecule has 2 saturated heterocycles. The molecule has 2 aliphatic heterocycles. The predicted molar refractivity (Wildman–Crippen MR) is 77.5 cm³/mol. The Labute approximate surface area is 126 Å². The number of amides is 1. The van der Waals surface area contributed by atoms with Crippen LogP contribution in [0.15, 0.2) is 16.9 Å². The molecule has 0 bridgehead atoms. The van der Waals surface area contributed by atoms with Crippen LogP contribution in [0.4, 0.5) is 5.95 Å². The van der Waals surface area contributed by atoms with Crippen LogP contribution in [-0.2, 0) is 9.53 Å². The van der Waals surface area contributed by atoms with Crippen molar-refractivity contribution in [2.24, 2.45) is 5.92 Å². The van der Waals surface area contributed by atoms with Gasteiger partial charge in [0, 0.05) is 38.6 Å². The quantitative estimate of drug-likeness (QED) is 0.801. The average molecular weight is 341 g/mol. The van der Waals surface area contributed by atoms with Crippen molar-refractivity contribution >= 4 is 27.8 Å². The minimum absolute atomic E-state index is 0.0559. The first-order valence-corrected chi connectivity index (χ1v) is 7.62. The Kier molecular flexibility index (Phi) is 4.16. The van der Waals surface area contributed by atoms with E-state index in [0.29, 0.717) is 38.8 Å². The van der Waals surface area contributed by atoms with Crippen LogP contribution in [0, 0.1) is 5.92 Å². The second kappa shape index (κ2) is 6.05. The molecule has 108 valence electrons. The molecule has 0 aliphatic carbocycles. The summed E-state index contributed by atoms with van der Waals surface area (Å²) in [7, 11) is 0. The van der Waals surface area contributed by atoms with E-state index in [4.69, 9.17) is 4.74 Å². The number of hydrogen-bond acceptors (Lipinski definition) is 5. The van der Waals surface area contributed by atoms with Gasteiger partial charge in [-0.15, -0.1) is 0 Å². The highest BCUT2D eigenvalue weighted by molar-refractivity contribution is 9.10. The fourth-order valence-electron chi connectivity index (χ4n) is 2.65. The normalized spacial score (nSPS) is 23.1. The summed E-state index contributed by atoms with van der Waals surface area (Å²) < 4.78 is 6.15. The van der Waals surface area contributed by atoms with Crippen LogP contribution in [-0.4, -0.2) is 60.2 Å². The monoisotopic (exact) mass is 340 g/mol. The van der Waals surface area contributed by atoms with Crippen molar-refractivity contribution in [3.05, 3.63) is 16.9 Å². The summed E-state index contributed by atoms with van der Waals surface area (Å²) in [6, 6.07) is 0. The topological polar surface area (TPSA) is 58.6 Å². The second-order valence-corrected chi connectivity index (χ2v) is 5.99. The first-order valence-electron chi connectivity index (χ1n) is 6.83. The summed E-state index contributed by atoms with van der Waals surface area (Å²) in [5.74, 6) is 0.999. The molecule has 2 fully saturated rings. The predicted octanol–water partition coefficient (Wildman–Crippen LogP) is 0.924. The van der Waals surface area contributed by atoms with Gasteiger partial charge in [-0.25, -0.2) is 9.97 Å². The first-order chi connectivity index (χ1) is 9.74. The molecule has 1 atom stereocenters. The van der Waals surface area contributed by atoms with Gasteiger partial charge in [-0.1, -0.05) is 0 Å². The lowest BCUT2D eigenvalue weighted by Crippen LogP contribution is -2.44. The Bertz CT molecular complexity index is 476. The number of carbonyl (C=O) groups is 1. The number of rotatable bonds is 2. The molecule has 1 unspecified atom stereocenters. The summed E-state index contributed by atoms with van der Waals surface area (Å²) in [5, 5.41) is 0. The molecular weight excluding hydrogens is 324 g/mol. The van der Waals surface area contributed by atoms with E-state index < -0.39 is 0 Å².